The lowest BCUT2D eigenvalue weighted by atomic mass is 9.73. The summed E-state index contributed by atoms with van der Waals surface area (Å²) in [5.74, 6) is 0.780. The maximum Gasteiger partial charge on any atom is 0.0722 e. The molecule has 1 unspecified atom stereocenters. The molecule has 0 amide bonds. The van der Waals surface area contributed by atoms with E-state index in [2.05, 4.69) is 26.1 Å². The van der Waals surface area contributed by atoms with Crippen LogP contribution in [-0.2, 0) is 0 Å². The van der Waals surface area contributed by atoms with Crippen LogP contribution in [0.3, 0.4) is 0 Å². The predicted octanol–water partition coefficient (Wildman–Crippen LogP) is 1.39. The normalized spacial score (nSPS) is 43.0. The number of hydrogen-bond donors (Lipinski definition) is 2. The molecule has 1 aliphatic rings. The van der Waals surface area contributed by atoms with Gasteiger partial charge in [-0.25, -0.2) is 0 Å². The van der Waals surface area contributed by atoms with Crippen molar-refractivity contribution in [3.8, 4) is 0 Å². The van der Waals surface area contributed by atoms with Crippen LogP contribution in [-0.4, -0.2) is 23.8 Å². The molecule has 0 saturated carbocycles. The van der Waals surface area contributed by atoms with E-state index in [4.69, 9.17) is 0 Å². The first-order valence-electron chi connectivity index (χ1n) is 5.04. The number of piperidine rings is 1. The summed E-state index contributed by atoms with van der Waals surface area (Å²) in [7, 11) is 0. The second-order valence-electron chi connectivity index (χ2n) is 4.20. The smallest absolute Gasteiger partial charge is 0.0722 e. The minimum absolute atomic E-state index is 0.390. The minimum Gasteiger partial charge on any atom is -0.389 e. The molecule has 1 saturated heterocycles. The zero-order valence-electron chi connectivity index (χ0n) is 8.43. The highest BCUT2D eigenvalue weighted by molar-refractivity contribution is 4.93. The van der Waals surface area contributed by atoms with E-state index in [1.54, 1.807) is 0 Å². The fourth-order valence-corrected chi connectivity index (χ4v) is 2.25. The third-order valence-electron chi connectivity index (χ3n) is 3.26. The highest BCUT2D eigenvalue weighted by Crippen LogP contribution is 2.33. The molecule has 1 fully saturated rings. The van der Waals surface area contributed by atoms with E-state index < -0.39 is 5.60 Å². The highest BCUT2D eigenvalue weighted by atomic mass is 16.3. The van der Waals surface area contributed by atoms with Gasteiger partial charge in [0.2, 0.25) is 0 Å². The summed E-state index contributed by atoms with van der Waals surface area (Å²) in [6, 6.07) is 0. The summed E-state index contributed by atoms with van der Waals surface area (Å²) >= 11 is 0. The first-order chi connectivity index (χ1) is 5.61. The Morgan fingerprint density at radius 2 is 1.83 bits per heavy atom. The Balaban J connectivity index is 2.66. The van der Waals surface area contributed by atoms with Gasteiger partial charge in [-0.05, 0) is 18.3 Å². The number of nitrogens with one attached hydrogen (secondary N) is 1. The standard InChI is InChI=1S/C10H21NO/c1-4-5-10(12)8(2)6-11-7-9(10)3/h8-9,11-12H,4-7H2,1-3H3/t8-,9+,10?. The molecule has 2 N–H and O–H groups in total. The van der Waals surface area contributed by atoms with Gasteiger partial charge in [0.15, 0.2) is 0 Å². The summed E-state index contributed by atoms with van der Waals surface area (Å²) in [6.45, 7) is 8.33. The Hall–Kier alpha value is -0.0800. The van der Waals surface area contributed by atoms with Gasteiger partial charge in [-0.15, -0.1) is 0 Å². The van der Waals surface area contributed by atoms with Gasteiger partial charge >= 0.3 is 0 Å². The van der Waals surface area contributed by atoms with Crippen molar-refractivity contribution < 1.29 is 5.11 Å². The van der Waals surface area contributed by atoms with Crippen LogP contribution in [0.25, 0.3) is 0 Å². The van der Waals surface area contributed by atoms with Gasteiger partial charge in [0.1, 0.15) is 0 Å². The molecule has 1 heterocycles. The Kier molecular flexibility index (Phi) is 3.13. The van der Waals surface area contributed by atoms with E-state index in [-0.39, 0.29) is 0 Å². The summed E-state index contributed by atoms with van der Waals surface area (Å²) in [4.78, 5) is 0. The van der Waals surface area contributed by atoms with Crippen LogP contribution >= 0.6 is 0 Å². The average Bonchev–Trinajstić information content (AvgIpc) is 2.02. The van der Waals surface area contributed by atoms with Crippen LogP contribution < -0.4 is 5.32 Å². The molecular weight excluding hydrogens is 150 g/mol. The molecule has 3 atom stereocenters. The summed E-state index contributed by atoms with van der Waals surface area (Å²) in [5.41, 5.74) is -0.417. The molecule has 0 radical (unpaired) electrons. The highest BCUT2D eigenvalue weighted by Gasteiger charge is 2.40. The lowest BCUT2D eigenvalue weighted by molar-refractivity contribution is -0.0804. The summed E-state index contributed by atoms with van der Waals surface area (Å²) < 4.78 is 0. The Bertz CT molecular complexity index is 137. The zero-order valence-corrected chi connectivity index (χ0v) is 8.43. The first-order valence-corrected chi connectivity index (χ1v) is 5.04. The van der Waals surface area contributed by atoms with E-state index in [0.717, 1.165) is 25.9 Å². The van der Waals surface area contributed by atoms with Gasteiger partial charge < -0.3 is 10.4 Å². The van der Waals surface area contributed by atoms with Crippen molar-refractivity contribution >= 4 is 0 Å². The van der Waals surface area contributed by atoms with Gasteiger partial charge in [-0.2, -0.15) is 0 Å². The minimum atomic E-state index is -0.417. The van der Waals surface area contributed by atoms with Crippen molar-refractivity contribution in [3.63, 3.8) is 0 Å². The molecular formula is C10H21NO. The van der Waals surface area contributed by atoms with Crippen molar-refractivity contribution in [3.05, 3.63) is 0 Å². The third-order valence-corrected chi connectivity index (χ3v) is 3.26. The Morgan fingerprint density at radius 3 is 2.25 bits per heavy atom. The van der Waals surface area contributed by atoms with E-state index >= 15 is 0 Å². The van der Waals surface area contributed by atoms with Gasteiger partial charge in [0.25, 0.3) is 0 Å². The van der Waals surface area contributed by atoms with Crippen LogP contribution in [0.5, 0.6) is 0 Å². The van der Waals surface area contributed by atoms with Crippen molar-refractivity contribution in [1.29, 1.82) is 0 Å². The van der Waals surface area contributed by atoms with E-state index in [9.17, 15) is 5.11 Å². The van der Waals surface area contributed by atoms with Gasteiger partial charge in [-0.3, -0.25) is 0 Å². The number of aliphatic hydroxyl groups is 1. The third kappa shape index (κ3) is 1.64. The van der Waals surface area contributed by atoms with Crippen molar-refractivity contribution in [2.24, 2.45) is 11.8 Å². The Morgan fingerprint density at radius 1 is 1.33 bits per heavy atom. The molecule has 2 nitrogen and oxygen atoms in total. The zero-order chi connectivity index (χ0) is 9.19. The second kappa shape index (κ2) is 3.75. The lowest BCUT2D eigenvalue weighted by Crippen LogP contribution is -2.54. The lowest BCUT2D eigenvalue weighted by Gasteiger charge is -2.43. The summed E-state index contributed by atoms with van der Waals surface area (Å²) in [6.07, 6.45) is 2.02. The molecule has 0 aliphatic carbocycles. The van der Waals surface area contributed by atoms with E-state index in [1.165, 1.54) is 0 Å². The molecule has 0 spiro atoms. The topological polar surface area (TPSA) is 32.3 Å². The molecule has 0 aromatic heterocycles. The molecule has 72 valence electrons. The van der Waals surface area contributed by atoms with Crippen LogP contribution in [0, 0.1) is 11.8 Å². The number of hydrogen-bond acceptors (Lipinski definition) is 2. The van der Waals surface area contributed by atoms with Gasteiger partial charge in [0.05, 0.1) is 5.60 Å². The predicted molar refractivity (Wildman–Crippen MR) is 51.1 cm³/mol. The van der Waals surface area contributed by atoms with Crippen molar-refractivity contribution in [1.82, 2.24) is 5.32 Å². The maximum absolute atomic E-state index is 10.4. The van der Waals surface area contributed by atoms with Crippen molar-refractivity contribution in [2.45, 2.75) is 39.2 Å². The Labute approximate surface area is 75.4 Å². The van der Waals surface area contributed by atoms with Crippen LogP contribution in [0.4, 0.5) is 0 Å². The SMILES string of the molecule is CCCC1(O)[C@H](C)CNC[C@@H]1C. The van der Waals surface area contributed by atoms with Crippen LogP contribution in [0.15, 0.2) is 0 Å². The quantitative estimate of drug-likeness (QED) is 0.658. The van der Waals surface area contributed by atoms with Crippen LogP contribution in [0.1, 0.15) is 33.6 Å². The molecule has 2 heteroatoms. The molecule has 1 rings (SSSR count). The molecule has 0 bridgehead atoms. The van der Waals surface area contributed by atoms with E-state index in [0.29, 0.717) is 11.8 Å². The second-order valence-corrected chi connectivity index (χ2v) is 4.20. The van der Waals surface area contributed by atoms with Gasteiger partial charge in [0, 0.05) is 13.1 Å². The number of rotatable bonds is 2. The van der Waals surface area contributed by atoms with E-state index in [1.807, 2.05) is 0 Å². The maximum atomic E-state index is 10.4. The molecule has 12 heavy (non-hydrogen) atoms. The molecule has 1 aliphatic heterocycles. The average molecular weight is 171 g/mol. The largest absolute Gasteiger partial charge is 0.389 e. The van der Waals surface area contributed by atoms with Crippen LogP contribution in [0.2, 0.25) is 0 Å². The summed E-state index contributed by atoms with van der Waals surface area (Å²) in [5, 5.41) is 13.7. The monoisotopic (exact) mass is 171 g/mol. The van der Waals surface area contributed by atoms with Gasteiger partial charge in [-0.1, -0.05) is 27.2 Å². The fraction of sp³-hybridized carbons (Fsp3) is 1.00. The fourth-order valence-electron chi connectivity index (χ4n) is 2.25. The first kappa shape index (κ1) is 10.0. The molecule has 0 aromatic carbocycles. The molecule has 0 aromatic rings. The van der Waals surface area contributed by atoms with Crippen molar-refractivity contribution in [2.75, 3.05) is 13.1 Å².